The highest BCUT2D eigenvalue weighted by molar-refractivity contribution is 9.10. The van der Waals surface area contributed by atoms with Crippen LogP contribution in [0.5, 0.6) is 0 Å². The molecule has 100 valence electrons. The molecule has 3 heterocycles. The average molecular weight is 313 g/mol. The normalized spacial score (nSPS) is 27.9. The van der Waals surface area contributed by atoms with Gasteiger partial charge in [-0.2, -0.15) is 5.10 Å². The third-order valence-corrected chi connectivity index (χ3v) is 5.32. The maximum absolute atomic E-state index is 4.57. The number of rotatable bonds is 3. The second-order valence-corrected chi connectivity index (χ2v) is 6.33. The van der Waals surface area contributed by atoms with Gasteiger partial charge in [0.2, 0.25) is 0 Å². The molecule has 2 fully saturated rings. The lowest BCUT2D eigenvalue weighted by molar-refractivity contribution is 0.294. The van der Waals surface area contributed by atoms with E-state index in [1.165, 1.54) is 36.3 Å². The van der Waals surface area contributed by atoms with E-state index >= 15 is 0 Å². The van der Waals surface area contributed by atoms with Crippen LogP contribution in [0.1, 0.15) is 18.3 Å². The SMILES string of the molecule is CCn1nc(C)c(Br)c1CN1CC2CNCC2C1. The molecule has 0 amide bonds. The lowest BCUT2D eigenvalue weighted by Gasteiger charge is -2.17. The summed E-state index contributed by atoms with van der Waals surface area (Å²) in [6.45, 7) is 11.1. The first-order chi connectivity index (χ1) is 8.69. The zero-order valence-corrected chi connectivity index (χ0v) is 12.7. The Hall–Kier alpha value is -0.390. The second kappa shape index (κ2) is 4.94. The Morgan fingerprint density at radius 2 is 2.00 bits per heavy atom. The second-order valence-electron chi connectivity index (χ2n) is 5.53. The van der Waals surface area contributed by atoms with E-state index in [4.69, 9.17) is 0 Å². The van der Waals surface area contributed by atoms with Gasteiger partial charge in [-0.25, -0.2) is 0 Å². The molecule has 0 aliphatic carbocycles. The van der Waals surface area contributed by atoms with Gasteiger partial charge in [-0.15, -0.1) is 0 Å². The van der Waals surface area contributed by atoms with Crippen LogP contribution in [0.4, 0.5) is 0 Å². The molecule has 0 saturated carbocycles. The largest absolute Gasteiger partial charge is 0.316 e. The van der Waals surface area contributed by atoms with Crippen molar-refractivity contribution < 1.29 is 0 Å². The summed E-state index contributed by atoms with van der Waals surface area (Å²) >= 11 is 3.69. The Balaban J connectivity index is 1.73. The van der Waals surface area contributed by atoms with Crippen LogP contribution in [0.2, 0.25) is 0 Å². The van der Waals surface area contributed by atoms with Crippen LogP contribution in [0.25, 0.3) is 0 Å². The van der Waals surface area contributed by atoms with Crippen molar-refractivity contribution in [2.75, 3.05) is 26.2 Å². The van der Waals surface area contributed by atoms with Crippen LogP contribution in [-0.4, -0.2) is 40.9 Å². The van der Waals surface area contributed by atoms with Gasteiger partial charge >= 0.3 is 0 Å². The van der Waals surface area contributed by atoms with E-state index in [1.807, 2.05) is 0 Å². The highest BCUT2D eigenvalue weighted by atomic mass is 79.9. The monoisotopic (exact) mass is 312 g/mol. The van der Waals surface area contributed by atoms with Crippen molar-refractivity contribution in [1.29, 1.82) is 0 Å². The first kappa shape index (κ1) is 12.6. The standard InChI is InChI=1S/C13H21BrN4/c1-3-18-12(13(14)9(2)16-18)8-17-6-10-4-15-5-11(10)7-17/h10-11,15H,3-8H2,1-2H3. The fourth-order valence-electron chi connectivity index (χ4n) is 3.31. The van der Waals surface area contributed by atoms with Crippen LogP contribution in [0.15, 0.2) is 4.47 Å². The zero-order valence-electron chi connectivity index (χ0n) is 11.1. The van der Waals surface area contributed by atoms with Gasteiger partial charge in [0, 0.05) is 26.2 Å². The molecular formula is C13H21BrN4. The summed E-state index contributed by atoms with van der Waals surface area (Å²) in [4.78, 5) is 2.59. The van der Waals surface area contributed by atoms with Crippen molar-refractivity contribution in [3.8, 4) is 0 Å². The summed E-state index contributed by atoms with van der Waals surface area (Å²) in [5.41, 5.74) is 2.44. The predicted molar refractivity (Wildman–Crippen MR) is 75.5 cm³/mol. The van der Waals surface area contributed by atoms with E-state index in [0.29, 0.717) is 0 Å². The zero-order chi connectivity index (χ0) is 12.7. The van der Waals surface area contributed by atoms with Crippen molar-refractivity contribution in [2.45, 2.75) is 26.9 Å². The minimum atomic E-state index is 0.864. The molecule has 1 N–H and O–H groups in total. The molecule has 3 rings (SSSR count). The number of nitrogens with zero attached hydrogens (tertiary/aromatic N) is 3. The molecule has 0 radical (unpaired) electrons. The smallest absolute Gasteiger partial charge is 0.0739 e. The highest BCUT2D eigenvalue weighted by Crippen LogP contribution is 2.29. The quantitative estimate of drug-likeness (QED) is 0.921. The first-order valence-electron chi connectivity index (χ1n) is 6.84. The number of fused-ring (bicyclic) bond motifs is 1. The molecule has 2 atom stereocenters. The van der Waals surface area contributed by atoms with Crippen LogP contribution >= 0.6 is 15.9 Å². The van der Waals surface area contributed by atoms with Gasteiger partial charge in [0.05, 0.1) is 15.9 Å². The molecule has 1 aromatic heterocycles. The molecule has 0 spiro atoms. The summed E-state index contributed by atoms with van der Waals surface area (Å²) in [6.07, 6.45) is 0. The van der Waals surface area contributed by atoms with Crippen LogP contribution in [0, 0.1) is 18.8 Å². The summed E-state index contributed by atoms with van der Waals surface area (Å²) in [5, 5.41) is 8.07. The number of nitrogens with one attached hydrogen (secondary N) is 1. The van der Waals surface area contributed by atoms with Crippen LogP contribution in [0.3, 0.4) is 0 Å². The van der Waals surface area contributed by atoms with Crippen molar-refractivity contribution in [2.24, 2.45) is 11.8 Å². The van der Waals surface area contributed by atoms with Gasteiger partial charge < -0.3 is 5.32 Å². The van der Waals surface area contributed by atoms with Crippen LogP contribution < -0.4 is 5.32 Å². The molecule has 1 aromatic rings. The molecule has 0 bridgehead atoms. The van der Waals surface area contributed by atoms with E-state index in [1.54, 1.807) is 0 Å². The van der Waals surface area contributed by atoms with Gasteiger partial charge in [0.1, 0.15) is 0 Å². The Labute approximate surface area is 117 Å². The van der Waals surface area contributed by atoms with E-state index in [0.717, 1.165) is 30.6 Å². The number of halogens is 1. The minimum Gasteiger partial charge on any atom is -0.316 e. The molecule has 2 aliphatic rings. The Morgan fingerprint density at radius 1 is 1.33 bits per heavy atom. The van der Waals surface area contributed by atoms with E-state index in [2.05, 4.69) is 49.8 Å². The molecule has 2 saturated heterocycles. The third-order valence-electron chi connectivity index (χ3n) is 4.29. The summed E-state index contributed by atoms with van der Waals surface area (Å²) < 4.78 is 3.32. The van der Waals surface area contributed by atoms with E-state index < -0.39 is 0 Å². The maximum atomic E-state index is 4.57. The topological polar surface area (TPSA) is 33.1 Å². The number of aryl methyl sites for hydroxylation is 2. The highest BCUT2D eigenvalue weighted by Gasteiger charge is 2.36. The lowest BCUT2D eigenvalue weighted by atomic mass is 10.0. The van der Waals surface area contributed by atoms with Crippen molar-refractivity contribution in [3.05, 3.63) is 15.9 Å². The van der Waals surface area contributed by atoms with Crippen molar-refractivity contribution >= 4 is 15.9 Å². The first-order valence-corrected chi connectivity index (χ1v) is 7.63. The Bertz CT molecular complexity index is 430. The molecular weight excluding hydrogens is 292 g/mol. The summed E-state index contributed by atoms with van der Waals surface area (Å²) in [6, 6.07) is 0. The fourth-order valence-corrected chi connectivity index (χ4v) is 3.72. The van der Waals surface area contributed by atoms with E-state index in [-0.39, 0.29) is 0 Å². The summed E-state index contributed by atoms with van der Waals surface area (Å²) in [7, 11) is 0. The number of hydrogen-bond donors (Lipinski definition) is 1. The maximum Gasteiger partial charge on any atom is 0.0739 e. The Kier molecular flexibility index (Phi) is 3.47. The molecule has 2 unspecified atom stereocenters. The van der Waals surface area contributed by atoms with Crippen molar-refractivity contribution in [1.82, 2.24) is 20.0 Å². The number of likely N-dealkylation sites (tertiary alicyclic amines) is 1. The average Bonchev–Trinajstić information content (AvgIpc) is 2.98. The van der Waals surface area contributed by atoms with Crippen molar-refractivity contribution in [3.63, 3.8) is 0 Å². The fraction of sp³-hybridized carbons (Fsp3) is 0.769. The molecule has 2 aliphatic heterocycles. The van der Waals surface area contributed by atoms with Gasteiger partial charge in [-0.1, -0.05) is 0 Å². The Morgan fingerprint density at radius 3 is 2.61 bits per heavy atom. The molecule has 5 heteroatoms. The van der Waals surface area contributed by atoms with Gasteiger partial charge in [-0.05, 0) is 54.7 Å². The lowest BCUT2D eigenvalue weighted by Crippen LogP contribution is -2.26. The van der Waals surface area contributed by atoms with Gasteiger partial charge in [0.15, 0.2) is 0 Å². The molecule has 4 nitrogen and oxygen atoms in total. The number of aromatic nitrogens is 2. The van der Waals surface area contributed by atoms with Gasteiger partial charge in [0.25, 0.3) is 0 Å². The van der Waals surface area contributed by atoms with Gasteiger partial charge in [-0.3, -0.25) is 9.58 Å². The molecule has 18 heavy (non-hydrogen) atoms. The minimum absolute atomic E-state index is 0.864. The number of hydrogen-bond acceptors (Lipinski definition) is 3. The van der Waals surface area contributed by atoms with Crippen LogP contribution in [-0.2, 0) is 13.1 Å². The molecule has 0 aromatic carbocycles. The third kappa shape index (κ3) is 2.12. The predicted octanol–water partition coefficient (Wildman–Crippen LogP) is 1.63. The van der Waals surface area contributed by atoms with E-state index in [9.17, 15) is 0 Å². The summed E-state index contributed by atoms with van der Waals surface area (Å²) in [5.74, 6) is 1.73.